The minimum Gasteiger partial charge on any atom is -0.381 e. The van der Waals surface area contributed by atoms with Crippen LogP contribution in [0.4, 0.5) is 0 Å². The van der Waals surface area contributed by atoms with Crippen molar-refractivity contribution < 1.29 is 24.0 Å². The van der Waals surface area contributed by atoms with Crippen molar-refractivity contribution >= 4 is 0 Å². The zero-order chi connectivity index (χ0) is 27.6. The van der Waals surface area contributed by atoms with Crippen molar-refractivity contribution in [2.75, 3.05) is 40.1 Å². The molecule has 0 saturated carbocycles. The molecule has 0 aliphatic carbocycles. The highest BCUT2D eigenvalue weighted by molar-refractivity contribution is 4.53. The molecule has 0 heterocycles. The van der Waals surface area contributed by atoms with Gasteiger partial charge in [-0.1, -0.05) is 123 Å². The van der Waals surface area contributed by atoms with Gasteiger partial charge in [-0.2, -0.15) is 0 Å². The standard InChI is InChI=1S/C33H68O5/c1-4-6-8-10-17-24-30-36-33(37-31-25-18-11-9-7-5-2)27-21-15-20-23-29-35-28-22-16-13-12-14-19-26-32-38-34-3/h33H,4-32H2,1-3H3. The van der Waals surface area contributed by atoms with E-state index in [4.69, 9.17) is 19.1 Å². The van der Waals surface area contributed by atoms with Gasteiger partial charge in [0, 0.05) is 26.4 Å². The smallest absolute Gasteiger partial charge is 0.157 e. The van der Waals surface area contributed by atoms with Crippen LogP contribution in [0.1, 0.15) is 168 Å². The van der Waals surface area contributed by atoms with E-state index in [0.717, 1.165) is 39.3 Å². The van der Waals surface area contributed by atoms with Crippen molar-refractivity contribution in [2.45, 2.75) is 174 Å². The number of hydrogen-bond acceptors (Lipinski definition) is 5. The third kappa shape index (κ3) is 32.0. The average Bonchev–Trinajstić information content (AvgIpc) is 2.93. The zero-order valence-corrected chi connectivity index (χ0v) is 26.1. The first-order chi connectivity index (χ1) is 18.8. The molecule has 0 bridgehead atoms. The lowest BCUT2D eigenvalue weighted by Crippen LogP contribution is -2.19. The quantitative estimate of drug-likeness (QED) is 0.0349. The first kappa shape index (κ1) is 37.8. The van der Waals surface area contributed by atoms with Crippen LogP contribution in [0.15, 0.2) is 0 Å². The lowest BCUT2D eigenvalue weighted by atomic mass is 10.1. The highest BCUT2D eigenvalue weighted by Gasteiger charge is 2.09. The third-order valence-corrected chi connectivity index (χ3v) is 7.22. The van der Waals surface area contributed by atoms with Crippen LogP contribution in [-0.4, -0.2) is 46.4 Å². The van der Waals surface area contributed by atoms with Crippen LogP contribution in [0.2, 0.25) is 0 Å². The topological polar surface area (TPSA) is 46.2 Å². The summed E-state index contributed by atoms with van der Waals surface area (Å²) in [5.74, 6) is 0. The molecule has 0 fully saturated rings. The van der Waals surface area contributed by atoms with E-state index in [9.17, 15) is 0 Å². The Morgan fingerprint density at radius 3 is 1.21 bits per heavy atom. The summed E-state index contributed by atoms with van der Waals surface area (Å²) in [7, 11) is 1.57. The van der Waals surface area contributed by atoms with E-state index < -0.39 is 0 Å². The molecule has 0 unspecified atom stereocenters. The highest BCUT2D eigenvalue weighted by Crippen LogP contribution is 2.14. The fourth-order valence-electron chi connectivity index (χ4n) is 4.71. The summed E-state index contributed by atoms with van der Waals surface area (Å²) in [6.45, 7) is 8.79. The number of rotatable bonds is 34. The molecule has 0 aromatic carbocycles. The summed E-state index contributed by atoms with van der Waals surface area (Å²) in [5, 5.41) is 0. The Labute approximate surface area is 238 Å². The maximum atomic E-state index is 6.17. The van der Waals surface area contributed by atoms with E-state index in [-0.39, 0.29) is 6.29 Å². The van der Waals surface area contributed by atoms with E-state index in [0.29, 0.717) is 6.61 Å². The average molecular weight is 545 g/mol. The van der Waals surface area contributed by atoms with E-state index in [1.165, 1.54) is 141 Å². The molecular weight excluding hydrogens is 476 g/mol. The Balaban J connectivity index is 3.67. The van der Waals surface area contributed by atoms with Crippen LogP contribution in [0, 0.1) is 0 Å². The van der Waals surface area contributed by atoms with Gasteiger partial charge in [0.05, 0.1) is 13.7 Å². The van der Waals surface area contributed by atoms with Gasteiger partial charge in [-0.05, 0) is 44.9 Å². The molecular formula is C33H68O5. The highest BCUT2D eigenvalue weighted by atomic mass is 17.2. The molecule has 0 aromatic heterocycles. The largest absolute Gasteiger partial charge is 0.381 e. The molecule has 0 radical (unpaired) electrons. The van der Waals surface area contributed by atoms with Crippen molar-refractivity contribution in [2.24, 2.45) is 0 Å². The SMILES string of the molecule is CCCCCCCCOC(CCCCCCOCCCCCCCCCOOC)OCCCCCCCC. The van der Waals surface area contributed by atoms with Crippen LogP contribution in [0.25, 0.3) is 0 Å². The summed E-state index contributed by atoms with van der Waals surface area (Å²) < 4.78 is 18.2. The van der Waals surface area contributed by atoms with Gasteiger partial charge in [-0.25, -0.2) is 9.78 Å². The first-order valence-electron chi connectivity index (χ1n) is 16.8. The Kier molecular flexibility index (Phi) is 34.6. The lowest BCUT2D eigenvalue weighted by Gasteiger charge is -2.19. The second kappa shape index (κ2) is 34.8. The Morgan fingerprint density at radius 2 is 0.763 bits per heavy atom. The van der Waals surface area contributed by atoms with Crippen molar-refractivity contribution in [3.63, 3.8) is 0 Å². The molecule has 0 aliphatic rings. The summed E-state index contributed by atoms with van der Waals surface area (Å²) in [6, 6.07) is 0. The Hall–Kier alpha value is -0.200. The molecule has 0 N–H and O–H groups in total. The molecule has 5 nitrogen and oxygen atoms in total. The van der Waals surface area contributed by atoms with Gasteiger partial charge in [0.25, 0.3) is 0 Å². The molecule has 0 aliphatic heterocycles. The molecule has 38 heavy (non-hydrogen) atoms. The Bertz CT molecular complexity index is 389. The fraction of sp³-hybridized carbons (Fsp3) is 1.00. The van der Waals surface area contributed by atoms with Crippen LogP contribution in [0.5, 0.6) is 0 Å². The van der Waals surface area contributed by atoms with E-state index in [2.05, 4.69) is 18.7 Å². The van der Waals surface area contributed by atoms with Gasteiger partial charge < -0.3 is 14.2 Å². The van der Waals surface area contributed by atoms with E-state index in [1.54, 1.807) is 7.11 Å². The van der Waals surface area contributed by atoms with Crippen LogP contribution < -0.4 is 0 Å². The van der Waals surface area contributed by atoms with E-state index in [1.807, 2.05) is 0 Å². The molecule has 0 saturated heterocycles. The summed E-state index contributed by atoms with van der Waals surface area (Å²) >= 11 is 0. The minimum atomic E-state index is -0.00350. The maximum Gasteiger partial charge on any atom is 0.157 e. The summed E-state index contributed by atoms with van der Waals surface area (Å²) in [4.78, 5) is 9.49. The van der Waals surface area contributed by atoms with Gasteiger partial charge in [-0.15, -0.1) is 0 Å². The molecule has 0 atom stereocenters. The van der Waals surface area contributed by atoms with Crippen molar-refractivity contribution in [1.29, 1.82) is 0 Å². The summed E-state index contributed by atoms with van der Waals surface area (Å²) in [6.07, 6.45) is 30.3. The number of hydrogen-bond donors (Lipinski definition) is 0. The third-order valence-electron chi connectivity index (χ3n) is 7.22. The molecule has 0 amide bonds. The second-order valence-corrected chi connectivity index (χ2v) is 11.0. The van der Waals surface area contributed by atoms with Gasteiger partial charge in [0.2, 0.25) is 0 Å². The lowest BCUT2D eigenvalue weighted by molar-refractivity contribution is -0.272. The molecule has 0 spiro atoms. The molecule has 5 heteroatoms. The Morgan fingerprint density at radius 1 is 0.395 bits per heavy atom. The number of unbranched alkanes of at least 4 members (excludes halogenated alkanes) is 19. The summed E-state index contributed by atoms with van der Waals surface area (Å²) in [5.41, 5.74) is 0. The predicted molar refractivity (Wildman–Crippen MR) is 162 cm³/mol. The van der Waals surface area contributed by atoms with Crippen LogP contribution in [-0.2, 0) is 24.0 Å². The molecule has 0 aromatic rings. The molecule has 230 valence electrons. The first-order valence-corrected chi connectivity index (χ1v) is 16.8. The van der Waals surface area contributed by atoms with Gasteiger partial charge in [0.1, 0.15) is 0 Å². The van der Waals surface area contributed by atoms with E-state index >= 15 is 0 Å². The normalized spacial score (nSPS) is 11.7. The van der Waals surface area contributed by atoms with Crippen molar-refractivity contribution in [3.05, 3.63) is 0 Å². The fourth-order valence-corrected chi connectivity index (χ4v) is 4.71. The monoisotopic (exact) mass is 545 g/mol. The number of ether oxygens (including phenoxy) is 3. The second-order valence-electron chi connectivity index (χ2n) is 11.0. The van der Waals surface area contributed by atoms with Gasteiger partial charge in [-0.3, -0.25) is 0 Å². The van der Waals surface area contributed by atoms with Crippen LogP contribution in [0.3, 0.4) is 0 Å². The van der Waals surface area contributed by atoms with Gasteiger partial charge in [0.15, 0.2) is 6.29 Å². The van der Waals surface area contributed by atoms with Crippen molar-refractivity contribution in [1.82, 2.24) is 0 Å². The minimum absolute atomic E-state index is 0.00350. The predicted octanol–water partition coefficient (Wildman–Crippen LogP) is 10.3. The van der Waals surface area contributed by atoms with Crippen LogP contribution >= 0.6 is 0 Å². The molecule has 0 rings (SSSR count). The van der Waals surface area contributed by atoms with Gasteiger partial charge >= 0.3 is 0 Å². The zero-order valence-electron chi connectivity index (χ0n) is 26.1. The maximum absolute atomic E-state index is 6.17. The van der Waals surface area contributed by atoms with Crippen molar-refractivity contribution in [3.8, 4) is 0 Å².